The molecule has 4 aliphatic rings. The van der Waals surface area contributed by atoms with Crippen LogP contribution in [0.2, 0.25) is 0 Å². The van der Waals surface area contributed by atoms with Gasteiger partial charge in [0.1, 0.15) is 41.8 Å². The van der Waals surface area contributed by atoms with E-state index < -0.39 is 42.8 Å². The number of esters is 1. The van der Waals surface area contributed by atoms with E-state index in [1.807, 2.05) is 9.47 Å². The van der Waals surface area contributed by atoms with Gasteiger partial charge in [-0.25, -0.2) is 9.78 Å². The number of hydrogen-bond donors (Lipinski definition) is 6. The first kappa shape index (κ1) is 36.3. The minimum Gasteiger partial charge on any atom is -0.496 e. The highest BCUT2D eigenvalue weighted by Gasteiger charge is 2.46. The van der Waals surface area contributed by atoms with Gasteiger partial charge >= 0.3 is 5.97 Å². The smallest absolute Gasteiger partial charge is 0.375 e. The average molecular weight is 710 g/mol. The van der Waals surface area contributed by atoms with Gasteiger partial charge in [-0.15, -0.1) is 0 Å². The summed E-state index contributed by atoms with van der Waals surface area (Å²) in [5.41, 5.74) is 6.27. The Morgan fingerprint density at radius 2 is 2.06 bits per heavy atom. The Morgan fingerprint density at radius 1 is 1.25 bits per heavy atom. The molecule has 5 heterocycles. The molecule has 0 spiro atoms. The van der Waals surface area contributed by atoms with Crippen molar-refractivity contribution in [2.75, 3.05) is 25.3 Å². The zero-order valence-electron chi connectivity index (χ0n) is 29.4. The lowest BCUT2D eigenvalue weighted by molar-refractivity contribution is -0.141. The molecule has 5 atom stereocenters. The van der Waals surface area contributed by atoms with Gasteiger partial charge in [0.05, 0.1) is 49.3 Å². The number of anilines is 1. The Labute approximate surface area is 295 Å². The van der Waals surface area contributed by atoms with E-state index >= 15 is 0 Å². The van der Waals surface area contributed by atoms with E-state index in [1.165, 1.54) is 7.11 Å². The van der Waals surface area contributed by atoms with Gasteiger partial charge in [-0.2, -0.15) is 0 Å². The fourth-order valence-corrected chi connectivity index (χ4v) is 7.29. The van der Waals surface area contributed by atoms with Gasteiger partial charge in [-0.05, 0) is 20.3 Å². The van der Waals surface area contributed by atoms with Crippen molar-refractivity contribution in [3.05, 3.63) is 46.5 Å². The third kappa shape index (κ3) is 6.69. The number of imidazole rings is 1. The molecular weight excluding hydrogens is 662 g/mol. The molecule has 4 aliphatic heterocycles. The summed E-state index contributed by atoms with van der Waals surface area (Å²) < 4.78 is 25.6. The van der Waals surface area contributed by atoms with Crippen LogP contribution in [0, 0.1) is 0 Å². The van der Waals surface area contributed by atoms with Crippen LogP contribution in [0.5, 0.6) is 17.2 Å². The second-order valence-electron chi connectivity index (χ2n) is 13.2. The first-order valence-electron chi connectivity index (χ1n) is 17.4. The summed E-state index contributed by atoms with van der Waals surface area (Å²) in [6.07, 6.45) is 8.51. The van der Waals surface area contributed by atoms with Crippen LogP contribution in [0.25, 0.3) is 5.57 Å². The third-order valence-electron chi connectivity index (χ3n) is 9.89. The summed E-state index contributed by atoms with van der Waals surface area (Å²) in [5, 5.41) is 31.3. The normalized spacial score (nSPS) is 24.3. The summed E-state index contributed by atoms with van der Waals surface area (Å²) in [7, 11) is 1.48. The van der Waals surface area contributed by atoms with Crippen molar-refractivity contribution >= 4 is 29.7 Å². The summed E-state index contributed by atoms with van der Waals surface area (Å²) >= 11 is 0. The molecule has 1 amide bonds. The third-order valence-corrected chi connectivity index (χ3v) is 9.89. The molecule has 51 heavy (non-hydrogen) atoms. The SMILES string of the molecule is CCCCCCC(C)(O)C1Cc2c(c(CO)c3c(c2OC)C(=CCn2ccnc2N2CNC4C(=O)NC(N)NC42)C(C=O)=C(C(=O)OCC)O3)O1. The average Bonchev–Trinajstić information content (AvgIpc) is 3.86. The van der Waals surface area contributed by atoms with Crippen LogP contribution in [0.3, 0.4) is 0 Å². The molecule has 0 radical (unpaired) electrons. The number of nitrogens with one attached hydrogen (secondary N) is 3. The Hall–Kier alpha value is -4.48. The molecule has 2 fully saturated rings. The summed E-state index contributed by atoms with van der Waals surface area (Å²) in [6, 6.07) is -0.557. The van der Waals surface area contributed by atoms with Crippen molar-refractivity contribution in [2.45, 2.75) is 103 Å². The molecule has 276 valence electrons. The molecule has 1 aromatic heterocycles. The number of carbonyl (C=O) groups excluding carboxylic acids is 3. The first-order chi connectivity index (χ1) is 24.6. The Bertz CT molecular complexity index is 1740. The molecule has 6 rings (SSSR count). The number of allylic oxidation sites excluding steroid dienone is 3. The van der Waals surface area contributed by atoms with E-state index in [0.29, 0.717) is 53.5 Å². The van der Waals surface area contributed by atoms with E-state index in [9.17, 15) is 24.6 Å². The predicted octanol–water partition coefficient (Wildman–Crippen LogP) is 0.925. The summed E-state index contributed by atoms with van der Waals surface area (Å²) in [4.78, 5) is 45.1. The molecule has 5 unspecified atom stereocenters. The number of rotatable bonds is 14. The predicted molar refractivity (Wildman–Crippen MR) is 184 cm³/mol. The molecule has 16 heteroatoms. The molecule has 0 bridgehead atoms. The largest absolute Gasteiger partial charge is 0.496 e. The maximum atomic E-state index is 13.3. The Morgan fingerprint density at radius 3 is 2.76 bits per heavy atom. The number of aliphatic hydroxyl groups is 2. The number of ether oxygens (including phenoxy) is 4. The standard InChI is InChI=1S/C35H47N7O9/c1-5-7-8-9-11-35(3,47)23-15-20-26(50-23)22(17-44)28-24(27(20)48-4)19(21(16-43)29(51-28)32(46)49-6-2)10-13-41-14-12-37-34(41)42-18-38-25-30(42)39-33(36)40-31(25)45/h10,12,14,16,23,25,30,33,38-39,44,47H,5-9,11,13,15,17-18,36H2,1-4H3,(H,40,45). The maximum absolute atomic E-state index is 13.3. The van der Waals surface area contributed by atoms with Gasteiger partial charge in [-0.3, -0.25) is 26.0 Å². The van der Waals surface area contributed by atoms with Gasteiger partial charge in [0, 0.05) is 36.5 Å². The molecule has 16 nitrogen and oxygen atoms in total. The van der Waals surface area contributed by atoms with E-state index in [2.05, 4.69) is 27.9 Å². The lowest BCUT2D eigenvalue weighted by Gasteiger charge is -2.35. The number of carbonyl (C=O) groups is 3. The van der Waals surface area contributed by atoms with Crippen LogP contribution in [0.4, 0.5) is 5.95 Å². The summed E-state index contributed by atoms with van der Waals surface area (Å²) in [5.74, 6) is -0.195. The van der Waals surface area contributed by atoms with Crippen molar-refractivity contribution in [1.82, 2.24) is 25.5 Å². The highest BCUT2D eigenvalue weighted by atomic mass is 16.6. The molecule has 0 saturated carbocycles. The van der Waals surface area contributed by atoms with Gasteiger partial charge in [0.25, 0.3) is 0 Å². The zero-order chi connectivity index (χ0) is 36.4. The van der Waals surface area contributed by atoms with E-state index in [1.54, 1.807) is 32.3 Å². The Balaban J connectivity index is 1.42. The van der Waals surface area contributed by atoms with Gasteiger partial charge < -0.3 is 43.9 Å². The number of aliphatic hydroxyl groups excluding tert-OH is 1. The topological polar surface area (TPSA) is 212 Å². The number of hydrogen-bond acceptors (Lipinski definition) is 14. The number of fused-ring (bicyclic) bond motifs is 3. The fourth-order valence-electron chi connectivity index (χ4n) is 7.29. The number of amides is 1. The molecule has 7 N–H and O–H groups in total. The lowest BCUT2D eigenvalue weighted by atomic mass is 9.86. The van der Waals surface area contributed by atoms with Crippen LogP contribution >= 0.6 is 0 Å². The highest BCUT2D eigenvalue weighted by molar-refractivity contribution is 6.10. The van der Waals surface area contributed by atoms with Crippen LogP contribution < -0.4 is 40.8 Å². The van der Waals surface area contributed by atoms with Crippen LogP contribution in [0.1, 0.15) is 69.6 Å². The molecule has 0 aliphatic carbocycles. The number of methoxy groups -OCH3 is 1. The number of nitrogens with two attached hydrogens (primary N) is 1. The minimum absolute atomic E-state index is 0.0301. The quantitative estimate of drug-likeness (QED) is 0.0916. The monoisotopic (exact) mass is 709 g/mol. The fraction of sp³-hybridized carbons (Fsp3) is 0.543. The zero-order valence-corrected chi connectivity index (χ0v) is 29.4. The Kier molecular flexibility index (Phi) is 10.7. The second-order valence-corrected chi connectivity index (χ2v) is 13.2. The number of aromatic nitrogens is 2. The van der Waals surface area contributed by atoms with Crippen molar-refractivity contribution in [3.8, 4) is 17.2 Å². The second kappa shape index (κ2) is 15.0. The lowest BCUT2D eigenvalue weighted by Crippen LogP contribution is -2.70. The maximum Gasteiger partial charge on any atom is 0.375 e. The molecular formula is C35H47N7O9. The van der Waals surface area contributed by atoms with Gasteiger partial charge in [-0.1, -0.05) is 38.7 Å². The highest BCUT2D eigenvalue weighted by Crippen LogP contribution is 2.54. The van der Waals surface area contributed by atoms with Gasteiger partial charge in [0.2, 0.25) is 17.6 Å². The van der Waals surface area contributed by atoms with Crippen molar-refractivity contribution in [3.63, 3.8) is 0 Å². The number of aldehydes is 1. The number of nitrogens with zero attached hydrogens (tertiary/aromatic N) is 3. The van der Waals surface area contributed by atoms with E-state index in [0.717, 1.165) is 25.7 Å². The van der Waals surface area contributed by atoms with E-state index in [4.69, 9.17) is 24.7 Å². The molecule has 1 aromatic carbocycles. The minimum atomic E-state index is -1.19. The van der Waals surface area contributed by atoms with Crippen LogP contribution in [-0.4, -0.2) is 88.5 Å². The van der Waals surface area contributed by atoms with Crippen molar-refractivity contribution < 1.29 is 43.5 Å². The van der Waals surface area contributed by atoms with Crippen molar-refractivity contribution in [2.24, 2.45) is 5.73 Å². The van der Waals surface area contributed by atoms with E-state index in [-0.39, 0.29) is 48.1 Å². The number of unbranched alkanes of at least 4 members (excludes halogenated alkanes) is 3. The van der Waals surface area contributed by atoms with Crippen LogP contribution in [0.15, 0.2) is 29.8 Å². The first-order valence-corrected chi connectivity index (χ1v) is 17.4. The van der Waals surface area contributed by atoms with Crippen molar-refractivity contribution in [1.29, 1.82) is 0 Å². The molecule has 2 aromatic rings. The van der Waals surface area contributed by atoms with Gasteiger partial charge in [0.15, 0.2) is 6.29 Å². The van der Waals surface area contributed by atoms with Crippen LogP contribution in [-0.2, 0) is 38.7 Å². The summed E-state index contributed by atoms with van der Waals surface area (Å²) in [6.45, 7) is 5.48. The number of benzene rings is 1. The molecule has 2 saturated heterocycles.